The number of ether oxygens (including phenoxy) is 1. The quantitative estimate of drug-likeness (QED) is 0.799. The van der Waals surface area contributed by atoms with Crippen molar-refractivity contribution < 1.29 is 8.95 Å². The SMILES string of the molecule is C=C1C[C@@H](Cc2ccc(OC)cc2)N([S@](=O)C(C)(C)C)C1. The average molecular weight is 307 g/mol. The van der Waals surface area contributed by atoms with E-state index in [9.17, 15) is 4.21 Å². The van der Waals surface area contributed by atoms with Gasteiger partial charge in [0.1, 0.15) is 16.7 Å². The molecule has 1 aromatic rings. The fourth-order valence-electron chi connectivity index (χ4n) is 2.60. The first-order chi connectivity index (χ1) is 9.81. The summed E-state index contributed by atoms with van der Waals surface area (Å²) in [5.74, 6) is 0.865. The lowest BCUT2D eigenvalue weighted by molar-refractivity contribution is 0.401. The molecule has 0 aliphatic carbocycles. The molecule has 0 N–H and O–H groups in total. The summed E-state index contributed by atoms with van der Waals surface area (Å²) in [6.45, 7) is 10.9. The molecule has 1 aliphatic rings. The molecule has 1 heterocycles. The third-order valence-electron chi connectivity index (χ3n) is 3.68. The Morgan fingerprint density at radius 2 is 1.95 bits per heavy atom. The highest BCUT2D eigenvalue weighted by Gasteiger charge is 2.36. The van der Waals surface area contributed by atoms with E-state index in [0.717, 1.165) is 25.1 Å². The summed E-state index contributed by atoms with van der Waals surface area (Å²) in [6.07, 6.45) is 1.82. The Morgan fingerprint density at radius 1 is 1.33 bits per heavy atom. The number of nitrogens with zero attached hydrogens (tertiary/aromatic N) is 1. The van der Waals surface area contributed by atoms with E-state index in [1.165, 1.54) is 11.1 Å². The average Bonchev–Trinajstić information content (AvgIpc) is 2.78. The van der Waals surface area contributed by atoms with E-state index < -0.39 is 11.0 Å². The first-order valence-corrected chi connectivity index (χ1v) is 8.40. The third-order valence-corrected chi connectivity index (χ3v) is 5.58. The summed E-state index contributed by atoms with van der Waals surface area (Å²) >= 11 is 0. The zero-order valence-electron chi connectivity index (χ0n) is 13.4. The minimum absolute atomic E-state index is 0.233. The molecule has 4 heteroatoms. The Labute approximate surface area is 130 Å². The first kappa shape index (κ1) is 16.2. The largest absolute Gasteiger partial charge is 0.497 e. The van der Waals surface area contributed by atoms with Crippen LogP contribution in [-0.2, 0) is 17.4 Å². The highest BCUT2D eigenvalue weighted by atomic mass is 32.2. The van der Waals surface area contributed by atoms with Crippen LogP contribution >= 0.6 is 0 Å². The van der Waals surface area contributed by atoms with Gasteiger partial charge in [-0.1, -0.05) is 24.3 Å². The van der Waals surface area contributed by atoms with Gasteiger partial charge in [-0.25, -0.2) is 8.51 Å². The molecule has 2 atom stereocenters. The Balaban J connectivity index is 2.12. The number of rotatable bonds is 4. The van der Waals surface area contributed by atoms with Crippen LogP contribution in [0, 0.1) is 0 Å². The van der Waals surface area contributed by atoms with E-state index in [-0.39, 0.29) is 10.8 Å². The Bertz CT molecular complexity index is 531. The molecule has 0 unspecified atom stereocenters. The van der Waals surface area contributed by atoms with Gasteiger partial charge >= 0.3 is 0 Å². The molecule has 0 amide bonds. The van der Waals surface area contributed by atoms with Crippen molar-refractivity contribution in [3.05, 3.63) is 42.0 Å². The van der Waals surface area contributed by atoms with Crippen molar-refractivity contribution in [1.29, 1.82) is 0 Å². The topological polar surface area (TPSA) is 29.5 Å². The van der Waals surface area contributed by atoms with Crippen LogP contribution < -0.4 is 4.74 Å². The molecule has 21 heavy (non-hydrogen) atoms. The van der Waals surface area contributed by atoms with Crippen LogP contribution in [0.3, 0.4) is 0 Å². The van der Waals surface area contributed by atoms with Crippen molar-refractivity contribution in [3.63, 3.8) is 0 Å². The van der Waals surface area contributed by atoms with Crippen molar-refractivity contribution in [2.45, 2.75) is 44.4 Å². The number of hydrogen-bond acceptors (Lipinski definition) is 2. The normalized spacial score (nSPS) is 21.5. The summed E-state index contributed by atoms with van der Waals surface area (Å²) in [6, 6.07) is 8.39. The van der Waals surface area contributed by atoms with E-state index in [1.807, 2.05) is 32.9 Å². The number of benzene rings is 1. The zero-order valence-corrected chi connectivity index (χ0v) is 14.2. The lowest BCUT2D eigenvalue weighted by Crippen LogP contribution is -2.41. The van der Waals surface area contributed by atoms with Crippen LogP contribution in [0.2, 0.25) is 0 Å². The Hall–Kier alpha value is -1.13. The van der Waals surface area contributed by atoms with E-state index in [4.69, 9.17) is 4.74 Å². The van der Waals surface area contributed by atoms with Crippen molar-refractivity contribution in [2.75, 3.05) is 13.7 Å². The summed E-state index contributed by atoms with van der Waals surface area (Å²) in [5, 5.41) is 0. The van der Waals surface area contributed by atoms with Gasteiger partial charge < -0.3 is 4.74 Å². The zero-order chi connectivity index (χ0) is 15.6. The Kier molecular flexibility index (Phi) is 4.89. The van der Waals surface area contributed by atoms with E-state index in [0.29, 0.717) is 0 Å². The first-order valence-electron chi connectivity index (χ1n) is 7.29. The molecular formula is C17H25NO2S. The van der Waals surface area contributed by atoms with Crippen LogP contribution in [0.5, 0.6) is 5.75 Å². The maximum Gasteiger partial charge on any atom is 0.118 e. The highest BCUT2D eigenvalue weighted by molar-refractivity contribution is 7.84. The summed E-state index contributed by atoms with van der Waals surface area (Å²) < 4.78 is 19.7. The smallest absolute Gasteiger partial charge is 0.118 e. The van der Waals surface area contributed by atoms with Crippen molar-refractivity contribution in [2.24, 2.45) is 0 Å². The minimum Gasteiger partial charge on any atom is -0.497 e. The fourth-order valence-corrected chi connectivity index (χ4v) is 4.03. The predicted octanol–water partition coefficient (Wildman–Crippen LogP) is 3.33. The van der Waals surface area contributed by atoms with Gasteiger partial charge in [0.25, 0.3) is 0 Å². The maximum absolute atomic E-state index is 12.7. The van der Waals surface area contributed by atoms with Crippen molar-refractivity contribution in [3.8, 4) is 5.75 Å². The van der Waals surface area contributed by atoms with E-state index >= 15 is 0 Å². The molecule has 0 aromatic heterocycles. The van der Waals surface area contributed by atoms with Gasteiger partial charge in [0.15, 0.2) is 0 Å². The monoisotopic (exact) mass is 307 g/mol. The molecule has 0 radical (unpaired) electrons. The second kappa shape index (κ2) is 6.32. The molecule has 0 saturated carbocycles. The Morgan fingerprint density at radius 3 is 2.48 bits per heavy atom. The summed E-state index contributed by atoms with van der Waals surface area (Å²) in [4.78, 5) is 0. The molecule has 2 rings (SSSR count). The molecule has 1 aromatic carbocycles. The van der Waals surface area contributed by atoms with Gasteiger partial charge in [0.05, 0.1) is 11.9 Å². The van der Waals surface area contributed by atoms with Crippen LogP contribution in [0.1, 0.15) is 32.8 Å². The predicted molar refractivity (Wildman–Crippen MR) is 88.8 cm³/mol. The van der Waals surface area contributed by atoms with Gasteiger partial charge in [0.2, 0.25) is 0 Å². The lowest BCUT2D eigenvalue weighted by Gasteiger charge is -2.29. The van der Waals surface area contributed by atoms with Crippen molar-refractivity contribution >= 4 is 11.0 Å². The standard InChI is InChI=1S/C17H25NO2S/c1-13-10-15(18(12-13)21(19)17(2,3)4)11-14-6-8-16(20-5)9-7-14/h6-9,15H,1,10-12H2,2-5H3/t15-,21+/m0/s1. The molecule has 0 spiro atoms. The molecule has 1 aliphatic heterocycles. The van der Waals surface area contributed by atoms with E-state index in [2.05, 4.69) is 23.0 Å². The van der Waals surface area contributed by atoms with Gasteiger partial charge in [-0.3, -0.25) is 0 Å². The third kappa shape index (κ3) is 3.95. The number of hydrogen-bond donors (Lipinski definition) is 0. The summed E-state index contributed by atoms with van der Waals surface area (Å²) in [7, 11) is 0.676. The second-order valence-corrected chi connectivity index (χ2v) is 8.79. The minimum atomic E-state index is -0.995. The van der Waals surface area contributed by atoms with Crippen LogP contribution in [0.25, 0.3) is 0 Å². The van der Waals surface area contributed by atoms with Gasteiger partial charge in [0, 0.05) is 12.6 Å². The molecule has 1 fully saturated rings. The second-order valence-electron chi connectivity index (χ2n) is 6.60. The van der Waals surface area contributed by atoms with Crippen LogP contribution in [-0.4, -0.2) is 33.0 Å². The van der Waals surface area contributed by atoms with Gasteiger partial charge in [-0.05, 0) is 51.3 Å². The van der Waals surface area contributed by atoms with Crippen molar-refractivity contribution in [1.82, 2.24) is 4.31 Å². The summed E-state index contributed by atoms with van der Waals surface area (Å²) in [5.41, 5.74) is 2.41. The van der Waals surface area contributed by atoms with E-state index in [1.54, 1.807) is 7.11 Å². The molecule has 1 saturated heterocycles. The lowest BCUT2D eigenvalue weighted by atomic mass is 10.0. The molecule has 0 bridgehead atoms. The molecule has 3 nitrogen and oxygen atoms in total. The maximum atomic E-state index is 12.7. The fraction of sp³-hybridized carbons (Fsp3) is 0.529. The van der Waals surface area contributed by atoms with Gasteiger partial charge in [-0.15, -0.1) is 0 Å². The number of methoxy groups -OCH3 is 1. The molecule has 116 valence electrons. The highest BCUT2D eigenvalue weighted by Crippen LogP contribution is 2.30. The van der Waals surface area contributed by atoms with Crippen LogP contribution in [0.15, 0.2) is 36.4 Å². The molecular weight excluding hydrogens is 282 g/mol. The van der Waals surface area contributed by atoms with Gasteiger partial charge in [-0.2, -0.15) is 0 Å². The van der Waals surface area contributed by atoms with Crippen LogP contribution in [0.4, 0.5) is 0 Å².